The van der Waals surface area contributed by atoms with Crippen LogP contribution in [0, 0.1) is 0 Å². The summed E-state index contributed by atoms with van der Waals surface area (Å²) in [4.78, 5) is 0.0311. The van der Waals surface area contributed by atoms with Crippen molar-refractivity contribution in [1.29, 1.82) is 0 Å². The predicted molar refractivity (Wildman–Crippen MR) is 83.3 cm³/mol. The lowest BCUT2D eigenvalue weighted by molar-refractivity contribution is 0.291. The maximum atomic E-state index is 12.7. The molecule has 1 aromatic rings. The van der Waals surface area contributed by atoms with Crippen molar-refractivity contribution in [1.82, 2.24) is 4.31 Å². The van der Waals surface area contributed by atoms with Gasteiger partial charge in [0, 0.05) is 18.1 Å². The molecule has 0 amide bonds. The summed E-state index contributed by atoms with van der Waals surface area (Å²) in [6.45, 7) is 0. The van der Waals surface area contributed by atoms with Crippen LogP contribution in [0.15, 0.2) is 23.1 Å². The quantitative estimate of drug-likeness (QED) is 0.762. The zero-order valence-electron chi connectivity index (χ0n) is 11.0. The number of halogens is 3. The number of hydrogen-bond acceptors (Lipinski definition) is 2. The minimum absolute atomic E-state index is 0.0311. The van der Waals surface area contributed by atoms with Crippen LogP contribution < -0.4 is 0 Å². The van der Waals surface area contributed by atoms with E-state index >= 15 is 0 Å². The molecular weight excluding hydrogens is 341 g/mol. The van der Waals surface area contributed by atoms with Gasteiger partial charge in [-0.2, -0.15) is 4.31 Å². The van der Waals surface area contributed by atoms with Crippen molar-refractivity contribution in [2.45, 2.75) is 42.0 Å². The van der Waals surface area contributed by atoms with Gasteiger partial charge in [-0.1, -0.05) is 36.0 Å². The first-order chi connectivity index (χ1) is 9.34. The Kier molecular flexibility index (Phi) is 5.24. The standard InChI is InChI=1S/C13H16Cl3NO2S/c1-17(12-5-3-2-4-10(12)15)20(18,19)13-8-9(14)6-7-11(13)16/h6-8,10,12H,2-5H2,1H3. The van der Waals surface area contributed by atoms with E-state index in [1.807, 2.05) is 0 Å². The van der Waals surface area contributed by atoms with E-state index in [0.717, 1.165) is 25.7 Å². The highest BCUT2D eigenvalue weighted by Crippen LogP contribution is 2.33. The van der Waals surface area contributed by atoms with Gasteiger partial charge in [0.15, 0.2) is 0 Å². The minimum atomic E-state index is -3.69. The van der Waals surface area contributed by atoms with Crippen LogP contribution in [0.1, 0.15) is 25.7 Å². The second kappa shape index (κ2) is 6.41. The molecule has 0 heterocycles. The molecule has 20 heavy (non-hydrogen) atoms. The van der Waals surface area contributed by atoms with Crippen molar-refractivity contribution in [3.8, 4) is 0 Å². The second-order valence-electron chi connectivity index (χ2n) is 4.96. The second-order valence-corrected chi connectivity index (χ2v) is 8.33. The molecule has 7 heteroatoms. The van der Waals surface area contributed by atoms with Gasteiger partial charge in [-0.15, -0.1) is 11.6 Å². The highest BCUT2D eigenvalue weighted by molar-refractivity contribution is 7.89. The lowest BCUT2D eigenvalue weighted by atomic mass is 9.95. The Hall–Kier alpha value is -0.000000000000000111. The highest BCUT2D eigenvalue weighted by Gasteiger charge is 2.35. The van der Waals surface area contributed by atoms with Crippen molar-refractivity contribution < 1.29 is 8.42 Å². The lowest BCUT2D eigenvalue weighted by Crippen LogP contribution is -2.44. The number of rotatable bonds is 3. The third kappa shape index (κ3) is 3.25. The van der Waals surface area contributed by atoms with E-state index in [1.54, 1.807) is 13.1 Å². The molecule has 1 aliphatic carbocycles. The Labute approximate surface area is 134 Å². The molecule has 1 fully saturated rings. The Morgan fingerprint density at radius 2 is 1.85 bits per heavy atom. The van der Waals surface area contributed by atoms with Crippen LogP contribution in [0.2, 0.25) is 10.0 Å². The van der Waals surface area contributed by atoms with Crippen molar-refractivity contribution in [3.05, 3.63) is 28.2 Å². The molecule has 0 bridgehead atoms. The van der Waals surface area contributed by atoms with Crippen LogP contribution in [-0.4, -0.2) is 31.2 Å². The molecule has 1 saturated carbocycles. The molecule has 0 radical (unpaired) electrons. The maximum Gasteiger partial charge on any atom is 0.244 e. The summed E-state index contributed by atoms with van der Waals surface area (Å²) in [5, 5.41) is 0.345. The number of hydrogen-bond donors (Lipinski definition) is 0. The average Bonchev–Trinajstić information content (AvgIpc) is 2.41. The van der Waals surface area contributed by atoms with Gasteiger partial charge in [0.25, 0.3) is 0 Å². The molecule has 1 aromatic carbocycles. The summed E-state index contributed by atoms with van der Waals surface area (Å²) < 4.78 is 26.7. The van der Waals surface area contributed by atoms with Gasteiger partial charge in [-0.25, -0.2) is 8.42 Å². The van der Waals surface area contributed by atoms with E-state index in [0.29, 0.717) is 5.02 Å². The fraction of sp³-hybridized carbons (Fsp3) is 0.538. The van der Waals surface area contributed by atoms with Crippen LogP contribution in [-0.2, 0) is 10.0 Å². The maximum absolute atomic E-state index is 12.7. The molecule has 0 N–H and O–H groups in total. The monoisotopic (exact) mass is 355 g/mol. The summed E-state index contributed by atoms with van der Waals surface area (Å²) in [7, 11) is -2.14. The minimum Gasteiger partial charge on any atom is -0.207 e. The van der Waals surface area contributed by atoms with E-state index in [-0.39, 0.29) is 21.3 Å². The van der Waals surface area contributed by atoms with Crippen molar-refractivity contribution in [3.63, 3.8) is 0 Å². The molecule has 0 spiro atoms. The smallest absolute Gasteiger partial charge is 0.207 e. The van der Waals surface area contributed by atoms with E-state index < -0.39 is 10.0 Å². The molecular formula is C13H16Cl3NO2S. The van der Waals surface area contributed by atoms with Crippen molar-refractivity contribution in [2.24, 2.45) is 0 Å². The van der Waals surface area contributed by atoms with Crippen LogP contribution in [0.25, 0.3) is 0 Å². The molecule has 2 unspecified atom stereocenters. The molecule has 0 aromatic heterocycles. The normalized spacial score (nSPS) is 24.1. The van der Waals surface area contributed by atoms with Gasteiger partial charge in [0.2, 0.25) is 10.0 Å². The number of sulfonamides is 1. The molecule has 0 saturated heterocycles. The molecule has 3 nitrogen and oxygen atoms in total. The summed E-state index contributed by atoms with van der Waals surface area (Å²) >= 11 is 18.2. The Morgan fingerprint density at radius 3 is 2.50 bits per heavy atom. The van der Waals surface area contributed by atoms with E-state index in [4.69, 9.17) is 34.8 Å². The molecule has 1 aliphatic rings. The predicted octanol–water partition coefficient (Wildman–Crippen LogP) is 4.16. The van der Waals surface area contributed by atoms with Crippen LogP contribution in [0.3, 0.4) is 0 Å². The molecule has 2 atom stereocenters. The largest absolute Gasteiger partial charge is 0.244 e. The molecule has 2 rings (SSSR count). The summed E-state index contributed by atoms with van der Waals surface area (Å²) in [5.74, 6) is 0. The molecule has 0 aliphatic heterocycles. The zero-order valence-corrected chi connectivity index (χ0v) is 14.1. The number of benzene rings is 1. The van der Waals surface area contributed by atoms with Gasteiger partial charge < -0.3 is 0 Å². The van der Waals surface area contributed by atoms with Gasteiger partial charge in [-0.3, -0.25) is 0 Å². The number of nitrogens with zero attached hydrogens (tertiary/aromatic N) is 1. The van der Waals surface area contributed by atoms with Crippen LogP contribution >= 0.6 is 34.8 Å². The topological polar surface area (TPSA) is 37.4 Å². The summed E-state index contributed by atoms with van der Waals surface area (Å²) in [6.07, 6.45) is 3.62. The van der Waals surface area contributed by atoms with Crippen molar-refractivity contribution in [2.75, 3.05) is 7.05 Å². The number of alkyl halides is 1. The lowest BCUT2D eigenvalue weighted by Gasteiger charge is -2.34. The zero-order chi connectivity index (χ0) is 14.9. The molecule has 112 valence electrons. The van der Waals surface area contributed by atoms with E-state index in [2.05, 4.69) is 0 Å². The third-order valence-corrected chi connectivity index (χ3v) is 6.77. The summed E-state index contributed by atoms with van der Waals surface area (Å²) in [5.41, 5.74) is 0. The Morgan fingerprint density at radius 1 is 1.20 bits per heavy atom. The highest BCUT2D eigenvalue weighted by atomic mass is 35.5. The first kappa shape index (κ1) is 16.4. The van der Waals surface area contributed by atoms with Gasteiger partial charge in [0.1, 0.15) is 4.90 Å². The van der Waals surface area contributed by atoms with Crippen LogP contribution in [0.4, 0.5) is 0 Å². The van der Waals surface area contributed by atoms with Gasteiger partial charge in [-0.05, 0) is 31.0 Å². The van der Waals surface area contributed by atoms with Crippen LogP contribution in [0.5, 0.6) is 0 Å². The van der Waals surface area contributed by atoms with Crippen molar-refractivity contribution >= 4 is 44.8 Å². The third-order valence-electron chi connectivity index (χ3n) is 3.66. The first-order valence-electron chi connectivity index (χ1n) is 6.41. The van der Waals surface area contributed by atoms with Gasteiger partial charge >= 0.3 is 0 Å². The SMILES string of the molecule is CN(C1CCCCC1Cl)S(=O)(=O)c1cc(Cl)ccc1Cl. The Bertz CT molecular complexity index is 591. The fourth-order valence-corrected chi connectivity index (χ4v) is 5.16. The first-order valence-corrected chi connectivity index (χ1v) is 9.04. The fourth-order valence-electron chi connectivity index (χ4n) is 2.48. The Balaban J connectivity index is 2.36. The van der Waals surface area contributed by atoms with E-state index in [9.17, 15) is 8.42 Å². The van der Waals surface area contributed by atoms with Gasteiger partial charge in [0.05, 0.1) is 10.4 Å². The summed E-state index contributed by atoms with van der Waals surface area (Å²) in [6, 6.07) is 4.23. The van der Waals surface area contributed by atoms with E-state index in [1.165, 1.54) is 16.4 Å². The average molecular weight is 357 g/mol.